The third-order valence-corrected chi connectivity index (χ3v) is 6.70. The molecular weight excluding hydrogens is 430 g/mol. The summed E-state index contributed by atoms with van der Waals surface area (Å²) in [7, 11) is 0. The van der Waals surface area contributed by atoms with Gasteiger partial charge in [0.15, 0.2) is 0 Å². The van der Waals surface area contributed by atoms with E-state index in [4.69, 9.17) is 11.6 Å². The zero-order chi connectivity index (χ0) is 22.6. The standard InChI is InChI=1S/C28H28ClN3O/c29-21-13-16-24-25(17-21)32-28(33)26(24)27(20-7-3-1-4-8-20)31-23-14-11-19(12-15-23)18-30-22-9-5-2-6-10-22/h1,3-4,7-8,11-17,22,30-31H,2,5-6,9-10,18H2,(H,32,33)/b27-26-. The van der Waals surface area contributed by atoms with Crippen LogP contribution in [0.1, 0.15) is 48.8 Å². The molecule has 1 fully saturated rings. The fourth-order valence-electron chi connectivity index (χ4n) is 4.70. The molecule has 1 aliphatic heterocycles. The van der Waals surface area contributed by atoms with Crippen LogP contribution in [-0.2, 0) is 11.3 Å². The Morgan fingerprint density at radius 2 is 1.70 bits per heavy atom. The molecule has 0 radical (unpaired) electrons. The van der Waals surface area contributed by atoms with E-state index in [9.17, 15) is 4.79 Å². The van der Waals surface area contributed by atoms with Gasteiger partial charge in [-0.15, -0.1) is 0 Å². The second-order valence-electron chi connectivity index (χ2n) is 8.80. The van der Waals surface area contributed by atoms with Crippen LogP contribution in [0.2, 0.25) is 5.02 Å². The third-order valence-electron chi connectivity index (χ3n) is 6.46. The summed E-state index contributed by atoms with van der Waals surface area (Å²) in [6.07, 6.45) is 6.60. The molecule has 5 rings (SSSR count). The van der Waals surface area contributed by atoms with Gasteiger partial charge in [0.05, 0.1) is 17.0 Å². The van der Waals surface area contributed by atoms with Crippen LogP contribution >= 0.6 is 11.6 Å². The van der Waals surface area contributed by atoms with Crippen molar-refractivity contribution in [3.63, 3.8) is 0 Å². The zero-order valence-electron chi connectivity index (χ0n) is 18.5. The maximum atomic E-state index is 13.0. The molecule has 1 aliphatic carbocycles. The largest absolute Gasteiger partial charge is 0.354 e. The lowest BCUT2D eigenvalue weighted by atomic mass is 9.95. The maximum absolute atomic E-state index is 13.0. The first-order valence-corrected chi connectivity index (χ1v) is 12.1. The zero-order valence-corrected chi connectivity index (χ0v) is 19.3. The summed E-state index contributed by atoms with van der Waals surface area (Å²) in [6.45, 7) is 0.883. The Morgan fingerprint density at radius 1 is 0.939 bits per heavy atom. The molecule has 0 atom stereocenters. The highest BCUT2D eigenvalue weighted by Crippen LogP contribution is 2.38. The molecule has 3 aromatic carbocycles. The van der Waals surface area contributed by atoms with Crippen molar-refractivity contribution in [2.24, 2.45) is 0 Å². The number of carbonyl (C=O) groups excluding carboxylic acids is 1. The Morgan fingerprint density at radius 3 is 2.45 bits per heavy atom. The number of hydrogen-bond donors (Lipinski definition) is 3. The first-order chi connectivity index (χ1) is 16.2. The van der Waals surface area contributed by atoms with Crippen LogP contribution in [0, 0.1) is 0 Å². The molecule has 168 valence electrons. The lowest BCUT2D eigenvalue weighted by Gasteiger charge is -2.23. The molecule has 0 bridgehead atoms. The summed E-state index contributed by atoms with van der Waals surface area (Å²) in [5.74, 6) is -0.132. The second kappa shape index (κ2) is 9.82. The summed E-state index contributed by atoms with van der Waals surface area (Å²) < 4.78 is 0. The smallest absolute Gasteiger partial charge is 0.258 e. The van der Waals surface area contributed by atoms with Crippen molar-refractivity contribution >= 4 is 40.2 Å². The average Bonchev–Trinajstić information content (AvgIpc) is 3.17. The highest BCUT2D eigenvalue weighted by molar-refractivity contribution is 6.38. The number of benzene rings is 3. The average molecular weight is 458 g/mol. The molecule has 5 heteroatoms. The van der Waals surface area contributed by atoms with E-state index in [0.29, 0.717) is 16.6 Å². The Bertz CT molecular complexity index is 1170. The molecule has 0 unspecified atom stereocenters. The van der Waals surface area contributed by atoms with Crippen LogP contribution in [0.15, 0.2) is 72.8 Å². The van der Waals surface area contributed by atoms with Gasteiger partial charge in [-0.2, -0.15) is 0 Å². The number of fused-ring (bicyclic) bond motifs is 1. The molecule has 2 aliphatic rings. The molecule has 1 amide bonds. The summed E-state index contributed by atoms with van der Waals surface area (Å²) in [4.78, 5) is 13.0. The van der Waals surface area contributed by atoms with Crippen molar-refractivity contribution in [3.8, 4) is 0 Å². The van der Waals surface area contributed by atoms with Crippen molar-refractivity contribution in [1.82, 2.24) is 5.32 Å². The molecule has 0 saturated heterocycles. The molecule has 0 spiro atoms. The normalized spacial score (nSPS) is 17.4. The summed E-state index contributed by atoms with van der Waals surface area (Å²) in [5.41, 5.74) is 6.15. The first-order valence-electron chi connectivity index (χ1n) is 11.7. The number of amides is 1. The number of nitrogens with one attached hydrogen (secondary N) is 3. The molecule has 0 aromatic heterocycles. The topological polar surface area (TPSA) is 53.2 Å². The van der Waals surface area contributed by atoms with E-state index in [1.165, 1.54) is 37.7 Å². The van der Waals surface area contributed by atoms with Gasteiger partial charge in [0.25, 0.3) is 5.91 Å². The van der Waals surface area contributed by atoms with Crippen LogP contribution in [0.4, 0.5) is 11.4 Å². The lowest BCUT2D eigenvalue weighted by molar-refractivity contribution is -0.110. The fourth-order valence-corrected chi connectivity index (χ4v) is 4.87. The SMILES string of the molecule is O=C1Nc2cc(Cl)ccc2/C1=C(/Nc1ccc(CNC2CCCCC2)cc1)c1ccccc1. The van der Waals surface area contributed by atoms with Crippen molar-refractivity contribution < 1.29 is 4.79 Å². The minimum Gasteiger partial charge on any atom is -0.354 e. The highest BCUT2D eigenvalue weighted by Gasteiger charge is 2.28. The lowest BCUT2D eigenvalue weighted by Crippen LogP contribution is -2.30. The van der Waals surface area contributed by atoms with Gasteiger partial charge in [-0.1, -0.05) is 79.4 Å². The number of halogens is 1. The molecule has 4 nitrogen and oxygen atoms in total. The Balaban J connectivity index is 1.41. The Hall–Kier alpha value is -3.08. The Labute approximate surface area is 200 Å². The summed E-state index contributed by atoms with van der Waals surface area (Å²) >= 11 is 6.15. The number of carbonyl (C=O) groups is 1. The van der Waals surface area contributed by atoms with Crippen molar-refractivity contribution in [2.75, 3.05) is 10.6 Å². The third kappa shape index (κ3) is 4.97. The minimum atomic E-state index is -0.132. The predicted molar refractivity (Wildman–Crippen MR) is 137 cm³/mol. The van der Waals surface area contributed by atoms with Crippen LogP contribution in [0.3, 0.4) is 0 Å². The van der Waals surface area contributed by atoms with Gasteiger partial charge in [0.1, 0.15) is 0 Å². The van der Waals surface area contributed by atoms with E-state index in [-0.39, 0.29) is 5.91 Å². The van der Waals surface area contributed by atoms with Gasteiger partial charge < -0.3 is 16.0 Å². The van der Waals surface area contributed by atoms with E-state index in [0.717, 1.165) is 34.7 Å². The van der Waals surface area contributed by atoms with Gasteiger partial charge in [0, 0.05) is 28.9 Å². The van der Waals surface area contributed by atoms with Crippen LogP contribution < -0.4 is 16.0 Å². The van der Waals surface area contributed by atoms with E-state index < -0.39 is 0 Å². The monoisotopic (exact) mass is 457 g/mol. The predicted octanol–water partition coefficient (Wildman–Crippen LogP) is 6.69. The second-order valence-corrected chi connectivity index (χ2v) is 9.23. The number of rotatable bonds is 6. The first kappa shape index (κ1) is 21.7. The van der Waals surface area contributed by atoms with Gasteiger partial charge in [-0.25, -0.2) is 0 Å². The molecule has 1 saturated carbocycles. The fraction of sp³-hybridized carbons (Fsp3) is 0.250. The van der Waals surface area contributed by atoms with Crippen molar-refractivity contribution in [2.45, 2.75) is 44.7 Å². The van der Waals surface area contributed by atoms with Crippen LogP contribution in [0.25, 0.3) is 11.3 Å². The van der Waals surface area contributed by atoms with Gasteiger partial charge in [-0.3, -0.25) is 4.79 Å². The number of hydrogen-bond acceptors (Lipinski definition) is 3. The molecular formula is C28H28ClN3O. The summed E-state index contributed by atoms with van der Waals surface area (Å²) in [5, 5.41) is 10.8. The highest BCUT2D eigenvalue weighted by atomic mass is 35.5. The molecule has 33 heavy (non-hydrogen) atoms. The van der Waals surface area contributed by atoms with Crippen molar-refractivity contribution in [3.05, 3.63) is 94.5 Å². The van der Waals surface area contributed by atoms with Crippen LogP contribution in [-0.4, -0.2) is 11.9 Å². The van der Waals surface area contributed by atoms with E-state index in [2.05, 4.69) is 40.2 Å². The van der Waals surface area contributed by atoms with E-state index >= 15 is 0 Å². The molecule has 3 N–H and O–H groups in total. The Kier molecular flexibility index (Phi) is 6.47. The van der Waals surface area contributed by atoms with Crippen molar-refractivity contribution in [1.29, 1.82) is 0 Å². The summed E-state index contributed by atoms with van der Waals surface area (Å²) in [6, 6.07) is 24.6. The maximum Gasteiger partial charge on any atom is 0.258 e. The minimum absolute atomic E-state index is 0.132. The quantitative estimate of drug-likeness (QED) is 0.361. The van der Waals surface area contributed by atoms with Gasteiger partial charge in [0.2, 0.25) is 0 Å². The molecule has 1 heterocycles. The molecule has 3 aromatic rings. The van der Waals surface area contributed by atoms with Crippen LogP contribution in [0.5, 0.6) is 0 Å². The number of anilines is 2. The van der Waals surface area contributed by atoms with Gasteiger partial charge >= 0.3 is 0 Å². The van der Waals surface area contributed by atoms with E-state index in [1.807, 2.05) is 42.5 Å². The van der Waals surface area contributed by atoms with E-state index in [1.54, 1.807) is 6.07 Å². The van der Waals surface area contributed by atoms with Gasteiger partial charge in [-0.05, 0) is 48.2 Å².